The SMILES string of the molecule is C[C@H]1Cn2c(nc(=O)c3c2NC[NH+](CCc2ccccc2)C3)S1. The van der Waals surface area contributed by atoms with Crippen molar-refractivity contribution in [3.63, 3.8) is 0 Å². The summed E-state index contributed by atoms with van der Waals surface area (Å²) in [5.41, 5.74) is 2.13. The first-order valence-electron chi connectivity index (χ1n) is 8.12. The highest BCUT2D eigenvalue weighted by Crippen LogP contribution is 2.32. The van der Waals surface area contributed by atoms with Gasteiger partial charge in [0.1, 0.15) is 17.9 Å². The maximum atomic E-state index is 12.4. The highest BCUT2D eigenvalue weighted by molar-refractivity contribution is 7.99. The number of aromatic nitrogens is 2. The first-order valence-corrected chi connectivity index (χ1v) is 9.00. The third kappa shape index (κ3) is 2.88. The van der Waals surface area contributed by atoms with Crippen molar-refractivity contribution < 1.29 is 4.90 Å². The number of anilines is 1. The van der Waals surface area contributed by atoms with Crippen molar-refractivity contribution in [2.45, 2.75) is 36.8 Å². The van der Waals surface area contributed by atoms with Gasteiger partial charge in [-0.2, -0.15) is 4.98 Å². The molecule has 2 N–H and O–H groups in total. The van der Waals surface area contributed by atoms with Crippen LogP contribution in [-0.2, 0) is 19.5 Å². The van der Waals surface area contributed by atoms with Crippen LogP contribution >= 0.6 is 11.8 Å². The van der Waals surface area contributed by atoms with E-state index in [1.165, 1.54) is 10.5 Å². The number of nitrogens with one attached hydrogen (secondary N) is 2. The van der Waals surface area contributed by atoms with Crippen LogP contribution in [0.3, 0.4) is 0 Å². The Labute approximate surface area is 139 Å². The lowest BCUT2D eigenvalue weighted by molar-refractivity contribution is -0.912. The zero-order chi connectivity index (χ0) is 15.8. The van der Waals surface area contributed by atoms with Gasteiger partial charge >= 0.3 is 0 Å². The van der Waals surface area contributed by atoms with Gasteiger partial charge in [-0.05, 0) is 5.56 Å². The van der Waals surface area contributed by atoms with E-state index in [1.54, 1.807) is 11.8 Å². The van der Waals surface area contributed by atoms with Crippen molar-refractivity contribution >= 4 is 17.6 Å². The topological polar surface area (TPSA) is 51.4 Å². The van der Waals surface area contributed by atoms with Crippen molar-refractivity contribution in [3.05, 3.63) is 51.8 Å². The molecule has 2 atom stereocenters. The molecular formula is C17H21N4OS+. The molecule has 0 saturated heterocycles. The summed E-state index contributed by atoms with van der Waals surface area (Å²) in [4.78, 5) is 18.0. The van der Waals surface area contributed by atoms with Gasteiger partial charge in [-0.3, -0.25) is 4.79 Å². The van der Waals surface area contributed by atoms with Crippen LogP contribution in [0.1, 0.15) is 18.1 Å². The van der Waals surface area contributed by atoms with Crippen LogP contribution in [0.15, 0.2) is 40.3 Å². The highest BCUT2D eigenvalue weighted by Gasteiger charge is 2.30. The normalized spacial score (nSPS) is 22.3. The summed E-state index contributed by atoms with van der Waals surface area (Å²) in [7, 11) is 0. The zero-order valence-electron chi connectivity index (χ0n) is 13.2. The molecule has 2 aliphatic rings. The summed E-state index contributed by atoms with van der Waals surface area (Å²) in [6.45, 7) is 5.75. The second-order valence-corrected chi connectivity index (χ2v) is 7.74. The van der Waals surface area contributed by atoms with Gasteiger partial charge < -0.3 is 14.8 Å². The van der Waals surface area contributed by atoms with Crippen molar-refractivity contribution in [2.75, 3.05) is 18.5 Å². The minimum absolute atomic E-state index is 0.0581. The number of quaternary nitrogens is 1. The Kier molecular flexibility index (Phi) is 3.87. The van der Waals surface area contributed by atoms with Gasteiger partial charge in [-0.15, -0.1) is 0 Å². The van der Waals surface area contributed by atoms with Crippen LogP contribution < -0.4 is 15.8 Å². The van der Waals surface area contributed by atoms with E-state index in [0.29, 0.717) is 5.25 Å². The summed E-state index contributed by atoms with van der Waals surface area (Å²) in [6, 6.07) is 10.5. The van der Waals surface area contributed by atoms with Crippen LogP contribution in [0.4, 0.5) is 5.82 Å². The summed E-state index contributed by atoms with van der Waals surface area (Å²) >= 11 is 1.69. The smallest absolute Gasteiger partial charge is 0.284 e. The third-order valence-corrected chi connectivity index (χ3v) is 5.60. The van der Waals surface area contributed by atoms with E-state index >= 15 is 0 Å². The Morgan fingerprint density at radius 3 is 3.04 bits per heavy atom. The van der Waals surface area contributed by atoms with Crippen molar-refractivity contribution in [3.8, 4) is 0 Å². The summed E-state index contributed by atoms with van der Waals surface area (Å²) in [5, 5.41) is 4.83. The molecular weight excluding hydrogens is 308 g/mol. The summed E-state index contributed by atoms with van der Waals surface area (Å²) in [5.74, 6) is 1.00. The van der Waals surface area contributed by atoms with E-state index in [-0.39, 0.29) is 5.56 Å². The molecule has 3 heterocycles. The van der Waals surface area contributed by atoms with Gasteiger partial charge in [-0.25, -0.2) is 0 Å². The van der Waals surface area contributed by atoms with Crippen LogP contribution in [-0.4, -0.2) is 28.0 Å². The van der Waals surface area contributed by atoms with Gasteiger partial charge in [0, 0.05) is 18.2 Å². The van der Waals surface area contributed by atoms with E-state index in [1.807, 2.05) is 6.07 Å². The molecule has 2 aromatic rings. The molecule has 1 aromatic heterocycles. The highest BCUT2D eigenvalue weighted by atomic mass is 32.2. The molecule has 0 aliphatic carbocycles. The van der Waals surface area contributed by atoms with Gasteiger partial charge in [-0.1, -0.05) is 49.0 Å². The average Bonchev–Trinajstić information content (AvgIpc) is 2.94. The zero-order valence-corrected chi connectivity index (χ0v) is 14.0. The lowest BCUT2D eigenvalue weighted by Crippen LogP contribution is -3.13. The minimum atomic E-state index is -0.0581. The fourth-order valence-corrected chi connectivity index (χ4v) is 4.35. The Morgan fingerprint density at radius 2 is 2.22 bits per heavy atom. The Hall–Kier alpha value is -1.79. The summed E-state index contributed by atoms with van der Waals surface area (Å²) < 4.78 is 2.18. The maximum absolute atomic E-state index is 12.4. The van der Waals surface area contributed by atoms with Crippen LogP contribution in [0, 0.1) is 0 Å². The van der Waals surface area contributed by atoms with Crippen LogP contribution in [0.5, 0.6) is 0 Å². The number of fused-ring (bicyclic) bond motifs is 3. The molecule has 2 aliphatic heterocycles. The van der Waals surface area contributed by atoms with E-state index < -0.39 is 0 Å². The number of nitrogens with zero attached hydrogens (tertiary/aromatic N) is 2. The second-order valence-electron chi connectivity index (χ2n) is 6.33. The van der Waals surface area contributed by atoms with Gasteiger partial charge in [0.25, 0.3) is 5.56 Å². The minimum Gasteiger partial charge on any atom is -0.324 e. The molecule has 1 unspecified atom stereocenters. The number of hydrogen-bond acceptors (Lipinski definition) is 4. The van der Waals surface area contributed by atoms with E-state index in [9.17, 15) is 4.79 Å². The Bertz CT molecular complexity index is 774. The molecule has 120 valence electrons. The van der Waals surface area contributed by atoms with Gasteiger partial charge in [0.15, 0.2) is 11.8 Å². The number of hydrogen-bond donors (Lipinski definition) is 2. The molecule has 0 saturated carbocycles. The lowest BCUT2D eigenvalue weighted by Gasteiger charge is -2.28. The van der Waals surface area contributed by atoms with Gasteiger partial charge in [0.2, 0.25) is 0 Å². The number of thioether (sulfide) groups is 1. The predicted molar refractivity (Wildman–Crippen MR) is 92.0 cm³/mol. The van der Waals surface area contributed by atoms with Crippen molar-refractivity contribution in [2.24, 2.45) is 0 Å². The number of benzene rings is 1. The molecule has 0 amide bonds. The lowest BCUT2D eigenvalue weighted by atomic mass is 10.1. The van der Waals surface area contributed by atoms with E-state index in [2.05, 4.69) is 46.1 Å². The summed E-state index contributed by atoms with van der Waals surface area (Å²) in [6.07, 6.45) is 1.03. The van der Waals surface area contributed by atoms with Crippen molar-refractivity contribution in [1.29, 1.82) is 0 Å². The van der Waals surface area contributed by atoms with Crippen LogP contribution in [0.25, 0.3) is 0 Å². The fourth-order valence-electron chi connectivity index (χ4n) is 3.33. The monoisotopic (exact) mass is 329 g/mol. The van der Waals surface area contributed by atoms with Crippen LogP contribution in [0.2, 0.25) is 0 Å². The van der Waals surface area contributed by atoms with E-state index in [4.69, 9.17) is 0 Å². The molecule has 23 heavy (non-hydrogen) atoms. The Balaban J connectivity index is 1.52. The molecule has 0 fully saturated rings. The fraction of sp³-hybridized carbons (Fsp3) is 0.412. The number of rotatable bonds is 3. The largest absolute Gasteiger partial charge is 0.324 e. The first kappa shape index (κ1) is 14.8. The molecule has 1 aromatic carbocycles. The quantitative estimate of drug-likeness (QED) is 0.816. The molecule has 0 bridgehead atoms. The van der Waals surface area contributed by atoms with Crippen molar-refractivity contribution in [1.82, 2.24) is 9.55 Å². The second kappa shape index (κ2) is 6.02. The predicted octanol–water partition coefficient (Wildman–Crippen LogP) is 0.748. The third-order valence-electron chi connectivity index (χ3n) is 4.53. The molecule has 4 rings (SSSR count). The first-order chi connectivity index (χ1) is 11.2. The molecule has 0 radical (unpaired) electrons. The van der Waals surface area contributed by atoms with E-state index in [0.717, 1.165) is 49.3 Å². The standard InChI is InChI=1S/C17H20N4OS/c1-12-9-21-15-14(16(22)19-17(21)23-12)10-20(11-18-15)8-7-13-5-3-2-4-6-13/h2-6,12,18H,7-11H2,1H3/p+1/t12-/m0/s1. The Morgan fingerprint density at radius 1 is 1.39 bits per heavy atom. The van der Waals surface area contributed by atoms with Gasteiger partial charge in [0.05, 0.1) is 6.54 Å². The maximum Gasteiger partial charge on any atom is 0.284 e. The molecule has 0 spiro atoms. The average molecular weight is 329 g/mol. The molecule has 5 nitrogen and oxygen atoms in total. The molecule has 6 heteroatoms.